The third-order valence-electron chi connectivity index (χ3n) is 3.31. The Morgan fingerprint density at radius 3 is 2.52 bits per heavy atom. The minimum absolute atomic E-state index is 0.0324. The summed E-state index contributed by atoms with van der Waals surface area (Å²) in [5, 5.41) is 10.3. The van der Waals surface area contributed by atoms with Gasteiger partial charge >= 0.3 is 0 Å². The Kier molecular flexibility index (Phi) is 3.01. The smallest absolute Gasteiger partial charge is 0.211 e. The highest BCUT2D eigenvalue weighted by Gasteiger charge is 2.18. The molecule has 6 heteroatoms. The summed E-state index contributed by atoms with van der Waals surface area (Å²) >= 11 is 0. The van der Waals surface area contributed by atoms with E-state index in [9.17, 15) is 4.79 Å². The van der Waals surface area contributed by atoms with Crippen molar-refractivity contribution >= 4 is 17.7 Å². The van der Waals surface area contributed by atoms with Crippen molar-refractivity contribution in [1.82, 2.24) is 19.8 Å². The van der Waals surface area contributed by atoms with E-state index >= 15 is 0 Å². The third kappa shape index (κ3) is 2.52. The number of benzene rings is 1. The molecule has 0 radical (unpaired) electrons. The van der Waals surface area contributed by atoms with Crippen LogP contribution >= 0.6 is 0 Å². The number of fused-ring (bicyclic) bond motifs is 1. The van der Waals surface area contributed by atoms with Gasteiger partial charge in [0.1, 0.15) is 0 Å². The SMILES string of the molecule is CC(C)(C)c1cc2nc(-c3ccc(NC=O)cc3)nn2[nH]1. The van der Waals surface area contributed by atoms with E-state index in [1.54, 1.807) is 4.63 Å². The first kappa shape index (κ1) is 13.4. The summed E-state index contributed by atoms with van der Waals surface area (Å²) in [7, 11) is 0. The molecule has 2 aromatic heterocycles. The summed E-state index contributed by atoms with van der Waals surface area (Å²) < 4.78 is 1.69. The molecular weight excluding hydrogens is 266 g/mol. The summed E-state index contributed by atoms with van der Waals surface area (Å²) in [6.45, 7) is 6.41. The molecule has 0 fully saturated rings. The van der Waals surface area contributed by atoms with Crippen LogP contribution < -0.4 is 5.32 Å². The average molecular weight is 283 g/mol. The highest BCUT2D eigenvalue weighted by atomic mass is 16.1. The summed E-state index contributed by atoms with van der Waals surface area (Å²) in [6, 6.07) is 9.41. The van der Waals surface area contributed by atoms with Gasteiger partial charge in [0.2, 0.25) is 6.41 Å². The number of nitrogens with zero attached hydrogens (tertiary/aromatic N) is 3. The number of amides is 1. The zero-order valence-electron chi connectivity index (χ0n) is 12.2. The molecule has 0 atom stereocenters. The van der Waals surface area contributed by atoms with Gasteiger partial charge in [-0.1, -0.05) is 20.8 Å². The Labute approximate surface area is 122 Å². The molecule has 0 aliphatic heterocycles. The Hall–Kier alpha value is -2.63. The molecule has 0 saturated carbocycles. The molecule has 108 valence electrons. The summed E-state index contributed by atoms with van der Waals surface area (Å²) in [6.07, 6.45) is 0.654. The van der Waals surface area contributed by atoms with Crippen LogP contribution in [0.5, 0.6) is 0 Å². The first-order valence-electron chi connectivity index (χ1n) is 6.74. The molecule has 2 heterocycles. The average Bonchev–Trinajstić information content (AvgIpc) is 2.97. The van der Waals surface area contributed by atoms with E-state index in [4.69, 9.17) is 0 Å². The van der Waals surface area contributed by atoms with Gasteiger partial charge in [-0.3, -0.25) is 9.89 Å². The number of hydrogen-bond donors (Lipinski definition) is 2. The first-order valence-corrected chi connectivity index (χ1v) is 6.74. The number of aromatic amines is 1. The van der Waals surface area contributed by atoms with E-state index in [0.29, 0.717) is 12.2 Å². The van der Waals surface area contributed by atoms with Gasteiger partial charge in [-0.2, -0.15) is 4.63 Å². The van der Waals surface area contributed by atoms with Crippen LogP contribution in [0, 0.1) is 0 Å². The topological polar surface area (TPSA) is 75.1 Å². The van der Waals surface area contributed by atoms with Gasteiger partial charge in [-0.25, -0.2) is 4.98 Å². The Morgan fingerprint density at radius 1 is 1.24 bits per heavy atom. The first-order chi connectivity index (χ1) is 9.97. The van der Waals surface area contributed by atoms with Crippen molar-refractivity contribution in [3.05, 3.63) is 36.0 Å². The number of rotatable bonds is 3. The van der Waals surface area contributed by atoms with Gasteiger partial charge in [-0.05, 0) is 24.3 Å². The van der Waals surface area contributed by atoms with Crippen LogP contribution in [0.4, 0.5) is 5.69 Å². The molecule has 0 bridgehead atoms. The maximum absolute atomic E-state index is 10.4. The third-order valence-corrected chi connectivity index (χ3v) is 3.31. The molecule has 0 saturated heterocycles. The van der Waals surface area contributed by atoms with Gasteiger partial charge in [-0.15, -0.1) is 5.10 Å². The Morgan fingerprint density at radius 2 is 1.95 bits per heavy atom. The monoisotopic (exact) mass is 283 g/mol. The molecule has 3 aromatic rings. The fraction of sp³-hybridized carbons (Fsp3) is 0.267. The van der Waals surface area contributed by atoms with Crippen LogP contribution in [-0.2, 0) is 10.2 Å². The standard InChI is InChI=1S/C15H17N5O/c1-15(2,3)12-8-13-17-14(19-20(13)18-12)10-4-6-11(7-5-10)16-9-21/h4-9,18H,1-3H3,(H,16,21). The molecule has 0 aliphatic carbocycles. The molecule has 0 spiro atoms. The van der Waals surface area contributed by atoms with E-state index < -0.39 is 0 Å². The highest BCUT2D eigenvalue weighted by Crippen LogP contribution is 2.23. The number of carbonyl (C=O) groups is 1. The lowest BCUT2D eigenvalue weighted by Gasteiger charge is -2.14. The quantitative estimate of drug-likeness (QED) is 0.725. The summed E-state index contributed by atoms with van der Waals surface area (Å²) in [4.78, 5) is 14.9. The van der Waals surface area contributed by atoms with Crippen LogP contribution in [0.3, 0.4) is 0 Å². The molecule has 3 rings (SSSR count). The molecule has 21 heavy (non-hydrogen) atoms. The van der Waals surface area contributed by atoms with Crippen LogP contribution in [0.2, 0.25) is 0 Å². The molecule has 6 nitrogen and oxygen atoms in total. The predicted octanol–water partition coefficient (Wildman–Crippen LogP) is 2.59. The number of H-pyrrole nitrogens is 1. The zero-order valence-corrected chi connectivity index (χ0v) is 12.2. The Bertz CT molecular complexity index is 745. The van der Waals surface area contributed by atoms with E-state index in [-0.39, 0.29) is 5.41 Å². The van der Waals surface area contributed by atoms with Crippen molar-refractivity contribution in [3.8, 4) is 11.4 Å². The molecule has 2 N–H and O–H groups in total. The number of nitrogens with one attached hydrogen (secondary N) is 2. The van der Waals surface area contributed by atoms with Crippen molar-refractivity contribution in [2.24, 2.45) is 0 Å². The number of carbonyl (C=O) groups excluding carboxylic acids is 1. The van der Waals surface area contributed by atoms with Gasteiger partial charge in [0.05, 0.1) is 0 Å². The highest BCUT2D eigenvalue weighted by molar-refractivity contribution is 5.72. The fourth-order valence-electron chi connectivity index (χ4n) is 2.07. The number of anilines is 1. The Balaban J connectivity index is 1.94. The normalized spacial score (nSPS) is 11.8. The van der Waals surface area contributed by atoms with Gasteiger partial charge in [0.15, 0.2) is 11.5 Å². The molecule has 1 amide bonds. The van der Waals surface area contributed by atoms with E-state index in [2.05, 4.69) is 41.3 Å². The molecule has 1 aromatic carbocycles. The minimum atomic E-state index is 0.0324. The number of hydrogen-bond acceptors (Lipinski definition) is 3. The van der Waals surface area contributed by atoms with Gasteiger partial charge < -0.3 is 5.32 Å². The molecule has 0 unspecified atom stereocenters. The second-order valence-electron chi connectivity index (χ2n) is 5.96. The number of aromatic nitrogens is 4. The van der Waals surface area contributed by atoms with Gasteiger partial charge in [0.25, 0.3) is 0 Å². The van der Waals surface area contributed by atoms with Crippen molar-refractivity contribution in [1.29, 1.82) is 0 Å². The van der Waals surface area contributed by atoms with Crippen LogP contribution in [0.25, 0.3) is 17.0 Å². The van der Waals surface area contributed by atoms with E-state index in [0.717, 1.165) is 22.6 Å². The van der Waals surface area contributed by atoms with Gasteiger partial charge in [0, 0.05) is 28.4 Å². The van der Waals surface area contributed by atoms with Crippen molar-refractivity contribution in [2.75, 3.05) is 5.32 Å². The maximum atomic E-state index is 10.4. The maximum Gasteiger partial charge on any atom is 0.211 e. The van der Waals surface area contributed by atoms with E-state index in [1.165, 1.54) is 0 Å². The summed E-state index contributed by atoms with van der Waals surface area (Å²) in [5.41, 5.74) is 3.57. The van der Waals surface area contributed by atoms with E-state index in [1.807, 2.05) is 30.3 Å². The van der Waals surface area contributed by atoms with Crippen LogP contribution in [0.1, 0.15) is 26.5 Å². The second kappa shape index (κ2) is 4.73. The molecule has 0 aliphatic rings. The zero-order chi connectivity index (χ0) is 15.0. The summed E-state index contributed by atoms with van der Waals surface area (Å²) in [5.74, 6) is 0.652. The van der Waals surface area contributed by atoms with Crippen molar-refractivity contribution in [2.45, 2.75) is 26.2 Å². The van der Waals surface area contributed by atoms with Crippen LogP contribution in [0.15, 0.2) is 30.3 Å². The predicted molar refractivity (Wildman–Crippen MR) is 81.2 cm³/mol. The lowest BCUT2D eigenvalue weighted by Crippen LogP contribution is -2.12. The van der Waals surface area contributed by atoms with Crippen molar-refractivity contribution < 1.29 is 4.79 Å². The lowest BCUT2D eigenvalue weighted by atomic mass is 9.93. The molecular formula is C15H17N5O. The minimum Gasteiger partial charge on any atom is -0.329 e. The van der Waals surface area contributed by atoms with Crippen molar-refractivity contribution in [3.63, 3.8) is 0 Å². The van der Waals surface area contributed by atoms with Crippen LogP contribution in [-0.4, -0.2) is 26.2 Å². The fourth-order valence-corrected chi connectivity index (χ4v) is 2.07. The second-order valence-corrected chi connectivity index (χ2v) is 5.96. The lowest BCUT2D eigenvalue weighted by molar-refractivity contribution is -0.105. The largest absolute Gasteiger partial charge is 0.329 e.